The number of H-pyrrole nitrogens is 1. The van der Waals surface area contributed by atoms with Crippen molar-refractivity contribution in [3.63, 3.8) is 0 Å². The van der Waals surface area contributed by atoms with E-state index in [0.717, 1.165) is 39.0 Å². The number of carbonyl (C=O) groups excluding carboxylic acids is 1. The van der Waals surface area contributed by atoms with Gasteiger partial charge in [-0.3, -0.25) is 4.79 Å². The molecule has 7 nitrogen and oxygen atoms in total. The molecule has 0 aliphatic rings. The molecule has 0 unspecified atom stereocenters. The van der Waals surface area contributed by atoms with Crippen molar-refractivity contribution < 1.29 is 19.0 Å². The van der Waals surface area contributed by atoms with Crippen LogP contribution >= 0.6 is 0 Å². The van der Waals surface area contributed by atoms with Gasteiger partial charge >= 0.3 is 0 Å². The number of methoxy groups -OCH3 is 2. The van der Waals surface area contributed by atoms with E-state index in [4.69, 9.17) is 14.2 Å². The normalized spacial score (nSPS) is 10.8. The van der Waals surface area contributed by atoms with E-state index in [-0.39, 0.29) is 5.91 Å². The number of hydrogen-bond donors (Lipinski definition) is 2. The van der Waals surface area contributed by atoms with Crippen molar-refractivity contribution in [3.05, 3.63) is 76.6 Å². The van der Waals surface area contributed by atoms with Crippen LogP contribution in [-0.2, 0) is 6.61 Å². The first-order valence-corrected chi connectivity index (χ1v) is 10.6. The van der Waals surface area contributed by atoms with Gasteiger partial charge in [-0.15, -0.1) is 0 Å². The van der Waals surface area contributed by atoms with Gasteiger partial charge in [-0.25, -0.2) is 4.98 Å². The number of nitrogens with one attached hydrogen (secondary N) is 2. The van der Waals surface area contributed by atoms with Gasteiger partial charge in [0.1, 0.15) is 23.9 Å². The lowest BCUT2D eigenvalue weighted by Crippen LogP contribution is -2.16. The highest BCUT2D eigenvalue weighted by Crippen LogP contribution is 2.33. The third kappa shape index (κ3) is 4.48. The van der Waals surface area contributed by atoms with Gasteiger partial charge < -0.3 is 24.5 Å². The third-order valence-electron chi connectivity index (χ3n) is 5.69. The van der Waals surface area contributed by atoms with E-state index < -0.39 is 0 Å². The second kappa shape index (κ2) is 9.24. The smallest absolute Gasteiger partial charge is 0.273 e. The van der Waals surface area contributed by atoms with Crippen LogP contribution in [-0.4, -0.2) is 30.1 Å². The number of benzene rings is 2. The fourth-order valence-corrected chi connectivity index (χ4v) is 3.74. The molecule has 4 aromatic rings. The van der Waals surface area contributed by atoms with E-state index >= 15 is 0 Å². The van der Waals surface area contributed by atoms with E-state index in [2.05, 4.69) is 15.3 Å². The molecule has 0 radical (unpaired) electrons. The molecule has 2 aromatic carbocycles. The first-order chi connectivity index (χ1) is 15.9. The molecular formula is C26H27N3O4. The zero-order valence-electron chi connectivity index (χ0n) is 19.4. The molecule has 7 heteroatoms. The summed E-state index contributed by atoms with van der Waals surface area (Å²) in [7, 11) is 3.16. The highest BCUT2D eigenvalue weighted by molar-refractivity contribution is 6.06. The predicted octanol–water partition coefficient (Wildman–Crippen LogP) is 5.34. The lowest BCUT2D eigenvalue weighted by Gasteiger charge is -2.17. The van der Waals surface area contributed by atoms with Crippen LogP contribution < -0.4 is 19.5 Å². The average molecular weight is 446 g/mol. The van der Waals surface area contributed by atoms with Crippen molar-refractivity contribution in [2.24, 2.45) is 0 Å². The van der Waals surface area contributed by atoms with Gasteiger partial charge in [-0.2, -0.15) is 0 Å². The Bertz CT molecular complexity index is 1270. The third-order valence-corrected chi connectivity index (χ3v) is 5.69. The molecular weight excluding hydrogens is 418 g/mol. The lowest BCUT2D eigenvalue weighted by atomic mass is 10.1. The topological polar surface area (TPSA) is 85.5 Å². The lowest BCUT2D eigenvalue weighted by molar-refractivity contribution is 0.102. The Labute approximate surface area is 192 Å². The number of aromatic amines is 1. The number of fused-ring (bicyclic) bond motifs is 1. The number of pyridine rings is 1. The van der Waals surface area contributed by atoms with Crippen LogP contribution in [0.25, 0.3) is 10.9 Å². The van der Waals surface area contributed by atoms with Crippen molar-refractivity contribution in [3.8, 4) is 17.2 Å². The summed E-state index contributed by atoms with van der Waals surface area (Å²) in [4.78, 5) is 20.7. The summed E-state index contributed by atoms with van der Waals surface area (Å²) in [5.74, 6) is 2.16. The van der Waals surface area contributed by atoms with Gasteiger partial charge in [-0.05, 0) is 49.6 Å². The standard InChI is InChI=1S/C26H27N3O4/c1-15-16(2)25(27-17(3)24(15)33-14-18-9-7-6-8-10-18)29-26(30)21-11-19-12-22(31-4)23(32-5)13-20(19)28-21/h6-13,28H,14H2,1-5H3,(H,27,29,30). The van der Waals surface area contributed by atoms with E-state index in [0.29, 0.717) is 29.6 Å². The summed E-state index contributed by atoms with van der Waals surface area (Å²) in [5.41, 5.74) is 4.80. The van der Waals surface area contributed by atoms with Crippen LogP contribution in [0.5, 0.6) is 17.2 Å². The van der Waals surface area contributed by atoms with Crippen molar-refractivity contribution in [2.75, 3.05) is 19.5 Å². The average Bonchev–Trinajstić information content (AvgIpc) is 3.25. The molecule has 0 fully saturated rings. The van der Waals surface area contributed by atoms with Crippen molar-refractivity contribution in [2.45, 2.75) is 27.4 Å². The van der Waals surface area contributed by atoms with Crippen LogP contribution in [0.3, 0.4) is 0 Å². The van der Waals surface area contributed by atoms with Crippen LogP contribution in [0.4, 0.5) is 5.82 Å². The van der Waals surface area contributed by atoms with Crippen LogP contribution in [0.1, 0.15) is 32.9 Å². The SMILES string of the molecule is COc1cc2cc(C(=O)Nc3nc(C)c(OCc4ccccc4)c(C)c3C)[nH]c2cc1OC. The summed E-state index contributed by atoms with van der Waals surface area (Å²) in [6.07, 6.45) is 0. The van der Waals surface area contributed by atoms with Gasteiger partial charge in [0, 0.05) is 17.0 Å². The molecule has 170 valence electrons. The molecule has 0 aliphatic carbocycles. The molecule has 0 saturated carbocycles. The molecule has 0 aliphatic heterocycles. The van der Waals surface area contributed by atoms with Crippen LogP contribution in [0.2, 0.25) is 0 Å². The Balaban J connectivity index is 1.56. The Morgan fingerprint density at radius 1 is 0.970 bits per heavy atom. The fraction of sp³-hybridized carbons (Fsp3) is 0.231. The molecule has 2 aromatic heterocycles. The zero-order valence-corrected chi connectivity index (χ0v) is 19.4. The summed E-state index contributed by atoms with van der Waals surface area (Å²) < 4.78 is 16.8. The number of carbonyl (C=O) groups is 1. The molecule has 0 atom stereocenters. The first kappa shape index (κ1) is 22.2. The van der Waals surface area contributed by atoms with E-state index in [1.54, 1.807) is 20.3 Å². The number of rotatable bonds is 7. The Kier molecular flexibility index (Phi) is 6.22. The van der Waals surface area contributed by atoms with E-state index in [1.165, 1.54) is 0 Å². The maximum absolute atomic E-state index is 13.0. The summed E-state index contributed by atoms with van der Waals surface area (Å²) in [5, 5.41) is 3.77. The van der Waals surface area contributed by atoms with Crippen molar-refractivity contribution in [1.29, 1.82) is 0 Å². The summed E-state index contributed by atoms with van der Waals surface area (Å²) >= 11 is 0. The van der Waals surface area contributed by atoms with E-state index in [9.17, 15) is 4.79 Å². The number of anilines is 1. The number of aromatic nitrogens is 2. The zero-order chi connectivity index (χ0) is 23.5. The predicted molar refractivity (Wildman–Crippen MR) is 129 cm³/mol. The molecule has 1 amide bonds. The number of ether oxygens (including phenoxy) is 3. The Morgan fingerprint density at radius 2 is 1.67 bits per heavy atom. The largest absolute Gasteiger partial charge is 0.493 e. The molecule has 0 bridgehead atoms. The maximum atomic E-state index is 13.0. The van der Waals surface area contributed by atoms with Crippen molar-refractivity contribution in [1.82, 2.24) is 9.97 Å². The van der Waals surface area contributed by atoms with Gasteiger partial charge in [0.2, 0.25) is 0 Å². The molecule has 0 spiro atoms. The molecule has 2 N–H and O–H groups in total. The molecule has 4 rings (SSSR count). The molecule has 2 heterocycles. The number of nitrogens with zero attached hydrogens (tertiary/aromatic N) is 1. The van der Waals surface area contributed by atoms with Gasteiger partial charge in [0.25, 0.3) is 5.91 Å². The Hall–Kier alpha value is -4.00. The highest BCUT2D eigenvalue weighted by Gasteiger charge is 2.18. The second-order valence-electron chi connectivity index (χ2n) is 7.83. The minimum Gasteiger partial charge on any atom is -0.493 e. The second-order valence-corrected chi connectivity index (χ2v) is 7.83. The minimum absolute atomic E-state index is 0.281. The monoisotopic (exact) mass is 445 g/mol. The van der Waals surface area contributed by atoms with Crippen LogP contribution in [0, 0.1) is 20.8 Å². The van der Waals surface area contributed by atoms with Crippen molar-refractivity contribution >= 4 is 22.6 Å². The van der Waals surface area contributed by atoms with Crippen LogP contribution in [0.15, 0.2) is 48.5 Å². The fourth-order valence-electron chi connectivity index (χ4n) is 3.74. The Morgan fingerprint density at radius 3 is 2.36 bits per heavy atom. The van der Waals surface area contributed by atoms with Gasteiger partial charge in [0.05, 0.1) is 19.9 Å². The number of hydrogen-bond acceptors (Lipinski definition) is 5. The number of aryl methyl sites for hydroxylation is 1. The maximum Gasteiger partial charge on any atom is 0.273 e. The quantitative estimate of drug-likeness (QED) is 0.401. The highest BCUT2D eigenvalue weighted by atomic mass is 16.5. The minimum atomic E-state index is -0.281. The summed E-state index contributed by atoms with van der Waals surface area (Å²) in [6.45, 7) is 6.23. The van der Waals surface area contributed by atoms with Gasteiger partial charge in [0.15, 0.2) is 11.5 Å². The summed E-state index contributed by atoms with van der Waals surface area (Å²) in [6, 6.07) is 15.4. The number of amides is 1. The van der Waals surface area contributed by atoms with E-state index in [1.807, 2.05) is 63.2 Å². The molecule has 33 heavy (non-hydrogen) atoms. The first-order valence-electron chi connectivity index (χ1n) is 10.6. The van der Waals surface area contributed by atoms with Gasteiger partial charge in [-0.1, -0.05) is 30.3 Å². The molecule has 0 saturated heterocycles.